The lowest BCUT2D eigenvalue weighted by molar-refractivity contribution is -0.138. The molecule has 0 aliphatic heterocycles. The summed E-state index contributed by atoms with van der Waals surface area (Å²) in [5.41, 5.74) is 6.80. The lowest BCUT2D eigenvalue weighted by atomic mass is 9.95. The second kappa shape index (κ2) is 16.8. The summed E-state index contributed by atoms with van der Waals surface area (Å²) in [7, 11) is 0. The fourth-order valence-electron chi connectivity index (χ4n) is 4.60. The van der Waals surface area contributed by atoms with E-state index in [0.717, 1.165) is 57.4 Å². The van der Waals surface area contributed by atoms with Gasteiger partial charge in [-0.3, -0.25) is 0 Å². The standard InChI is InChI=1S/C39H35NO6/c1-4-37(41)44-26-24-29-12-18-33(19-13-29)40(25-27-45-38(42)5-2)34-20-14-30(15-21-34)28-36(31-10-8-7-9-11-31)32-16-22-35(23-17-32)46-39(43)6-3/h4-23,28H,1-3,24-27H2. The Labute approximate surface area is 269 Å². The molecule has 7 heteroatoms. The van der Waals surface area contributed by atoms with E-state index in [9.17, 15) is 14.4 Å². The van der Waals surface area contributed by atoms with Crippen LogP contribution in [0, 0.1) is 0 Å². The highest BCUT2D eigenvalue weighted by Gasteiger charge is 2.12. The lowest BCUT2D eigenvalue weighted by Crippen LogP contribution is -2.23. The van der Waals surface area contributed by atoms with Crippen LogP contribution in [0.5, 0.6) is 5.75 Å². The third-order valence-corrected chi connectivity index (χ3v) is 6.93. The van der Waals surface area contributed by atoms with E-state index < -0.39 is 17.9 Å². The van der Waals surface area contributed by atoms with Gasteiger partial charge in [0.2, 0.25) is 0 Å². The summed E-state index contributed by atoms with van der Waals surface area (Å²) >= 11 is 0. The molecular weight excluding hydrogens is 578 g/mol. The maximum atomic E-state index is 11.7. The summed E-state index contributed by atoms with van der Waals surface area (Å²) in [6.45, 7) is 11.2. The molecule has 0 heterocycles. The van der Waals surface area contributed by atoms with Crippen LogP contribution in [-0.2, 0) is 30.3 Å². The quantitative estimate of drug-likeness (QED) is 0.0594. The number of anilines is 2. The van der Waals surface area contributed by atoms with Gasteiger partial charge in [-0.25, -0.2) is 14.4 Å². The molecule has 0 bridgehead atoms. The Morgan fingerprint density at radius 1 is 0.609 bits per heavy atom. The molecule has 0 aliphatic carbocycles. The van der Waals surface area contributed by atoms with Crippen molar-refractivity contribution in [1.29, 1.82) is 0 Å². The van der Waals surface area contributed by atoms with Crippen LogP contribution in [-0.4, -0.2) is 37.7 Å². The number of benzene rings is 4. The first kappa shape index (κ1) is 33.0. The zero-order chi connectivity index (χ0) is 32.7. The van der Waals surface area contributed by atoms with Crippen molar-refractivity contribution >= 4 is 40.9 Å². The molecule has 0 atom stereocenters. The van der Waals surface area contributed by atoms with Crippen molar-refractivity contribution < 1.29 is 28.6 Å². The van der Waals surface area contributed by atoms with Gasteiger partial charge >= 0.3 is 17.9 Å². The molecule has 0 aromatic heterocycles. The highest BCUT2D eigenvalue weighted by Crippen LogP contribution is 2.30. The van der Waals surface area contributed by atoms with Crippen molar-refractivity contribution in [2.75, 3.05) is 24.7 Å². The van der Waals surface area contributed by atoms with E-state index in [0.29, 0.717) is 18.7 Å². The molecule has 7 nitrogen and oxygen atoms in total. The summed E-state index contributed by atoms with van der Waals surface area (Å²) in [6, 6.07) is 33.4. The zero-order valence-corrected chi connectivity index (χ0v) is 25.5. The van der Waals surface area contributed by atoms with Crippen LogP contribution < -0.4 is 9.64 Å². The molecule has 46 heavy (non-hydrogen) atoms. The van der Waals surface area contributed by atoms with Gasteiger partial charge in [-0.15, -0.1) is 0 Å². The van der Waals surface area contributed by atoms with E-state index in [2.05, 4.69) is 30.7 Å². The average Bonchev–Trinajstić information content (AvgIpc) is 3.10. The maximum Gasteiger partial charge on any atom is 0.335 e. The van der Waals surface area contributed by atoms with E-state index in [-0.39, 0.29) is 13.2 Å². The normalized spacial score (nSPS) is 10.7. The molecular formula is C39H35NO6. The van der Waals surface area contributed by atoms with Crippen LogP contribution in [0.4, 0.5) is 11.4 Å². The van der Waals surface area contributed by atoms with E-state index in [1.807, 2.05) is 91.0 Å². The highest BCUT2D eigenvalue weighted by molar-refractivity contribution is 5.92. The first-order valence-electron chi connectivity index (χ1n) is 14.7. The Hall–Kier alpha value is -5.95. The van der Waals surface area contributed by atoms with E-state index in [4.69, 9.17) is 14.2 Å². The van der Waals surface area contributed by atoms with Crippen molar-refractivity contribution in [3.8, 4) is 5.75 Å². The summed E-state index contributed by atoms with van der Waals surface area (Å²) in [5, 5.41) is 0. The van der Waals surface area contributed by atoms with Crippen molar-refractivity contribution in [2.45, 2.75) is 6.42 Å². The molecule has 0 saturated heterocycles. The van der Waals surface area contributed by atoms with Crippen LogP contribution in [0.25, 0.3) is 11.6 Å². The van der Waals surface area contributed by atoms with Crippen molar-refractivity contribution in [1.82, 2.24) is 0 Å². The van der Waals surface area contributed by atoms with Gasteiger partial charge in [0.1, 0.15) is 12.4 Å². The monoisotopic (exact) mass is 613 g/mol. The molecule has 0 unspecified atom stereocenters. The topological polar surface area (TPSA) is 82.1 Å². The Morgan fingerprint density at radius 3 is 1.74 bits per heavy atom. The van der Waals surface area contributed by atoms with Crippen molar-refractivity contribution in [3.05, 3.63) is 163 Å². The van der Waals surface area contributed by atoms with Gasteiger partial charge in [0.05, 0.1) is 13.2 Å². The molecule has 0 N–H and O–H groups in total. The van der Waals surface area contributed by atoms with Crippen LogP contribution >= 0.6 is 0 Å². The van der Waals surface area contributed by atoms with Gasteiger partial charge in [0, 0.05) is 36.0 Å². The Balaban J connectivity index is 1.60. The number of carbonyl (C=O) groups excluding carboxylic acids is 3. The minimum Gasteiger partial charge on any atom is -0.462 e. The smallest absolute Gasteiger partial charge is 0.335 e. The number of hydrogen-bond donors (Lipinski definition) is 0. The number of rotatable bonds is 15. The highest BCUT2D eigenvalue weighted by atomic mass is 16.5. The van der Waals surface area contributed by atoms with Gasteiger partial charge in [-0.05, 0) is 70.3 Å². The van der Waals surface area contributed by atoms with Gasteiger partial charge in [0.15, 0.2) is 0 Å². The summed E-state index contributed by atoms with van der Waals surface area (Å²) < 4.78 is 15.6. The molecule has 0 saturated carbocycles. The first-order chi connectivity index (χ1) is 22.4. The number of esters is 3. The number of nitrogens with zero attached hydrogens (tertiary/aromatic N) is 1. The minimum atomic E-state index is -0.512. The van der Waals surface area contributed by atoms with Crippen LogP contribution in [0.3, 0.4) is 0 Å². The molecule has 4 rings (SSSR count). The SMILES string of the molecule is C=CC(=O)OCCc1ccc(N(CCOC(=O)C=C)c2ccc(C=C(c3ccccc3)c3ccc(OC(=O)C=C)cc3)cc2)cc1. The summed E-state index contributed by atoms with van der Waals surface area (Å²) in [6.07, 6.45) is 6.10. The van der Waals surface area contributed by atoms with Gasteiger partial charge in [0.25, 0.3) is 0 Å². The Kier molecular flexibility index (Phi) is 12.0. The molecule has 0 amide bonds. The molecule has 0 radical (unpaired) electrons. The fourth-order valence-corrected chi connectivity index (χ4v) is 4.60. The van der Waals surface area contributed by atoms with Gasteiger partial charge in [-0.1, -0.05) is 86.5 Å². The largest absolute Gasteiger partial charge is 0.462 e. The van der Waals surface area contributed by atoms with E-state index in [1.165, 1.54) is 0 Å². The van der Waals surface area contributed by atoms with E-state index >= 15 is 0 Å². The second-order valence-electron chi connectivity index (χ2n) is 9.98. The molecule has 232 valence electrons. The predicted molar refractivity (Wildman–Crippen MR) is 182 cm³/mol. The summed E-state index contributed by atoms with van der Waals surface area (Å²) in [5.74, 6) is -1.00. The van der Waals surface area contributed by atoms with Gasteiger partial charge < -0.3 is 19.1 Å². The Bertz CT molecular complexity index is 1690. The lowest BCUT2D eigenvalue weighted by Gasteiger charge is -2.25. The third kappa shape index (κ3) is 9.53. The minimum absolute atomic E-state index is 0.169. The molecule has 0 spiro atoms. The summed E-state index contributed by atoms with van der Waals surface area (Å²) in [4.78, 5) is 36.7. The third-order valence-electron chi connectivity index (χ3n) is 6.93. The Morgan fingerprint density at radius 2 is 1.15 bits per heavy atom. The molecule has 4 aromatic carbocycles. The van der Waals surface area contributed by atoms with Crippen LogP contribution in [0.15, 0.2) is 141 Å². The first-order valence-corrected chi connectivity index (χ1v) is 14.7. The van der Waals surface area contributed by atoms with E-state index in [1.54, 1.807) is 12.1 Å². The van der Waals surface area contributed by atoms with Crippen molar-refractivity contribution in [2.24, 2.45) is 0 Å². The van der Waals surface area contributed by atoms with Crippen LogP contribution in [0.1, 0.15) is 22.3 Å². The van der Waals surface area contributed by atoms with Gasteiger partial charge in [-0.2, -0.15) is 0 Å². The predicted octanol–water partition coefficient (Wildman–Crippen LogP) is 7.51. The maximum absolute atomic E-state index is 11.7. The number of ether oxygens (including phenoxy) is 3. The fraction of sp³-hybridized carbons (Fsp3) is 0.103. The second-order valence-corrected chi connectivity index (χ2v) is 9.98. The molecule has 0 aliphatic rings. The number of hydrogen-bond acceptors (Lipinski definition) is 7. The molecule has 0 fully saturated rings. The molecule has 4 aromatic rings. The average molecular weight is 614 g/mol. The van der Waals surface area contributed by atoms with Crippen LogP contribution in [0.2, 0.25) is 0 Å². The zero-order valence-electron chi connectivity index (χ0n) is 25.5. The van der Waals surface area contributed by atoms with Crippen molar-refractivity contribution in [3.63, 3.8) is 0 Å². The number of carbonyl (C=O) groups is 3.